The molecule has 1 aliphatic rings. The summed E-state index contributed by atoms with van der Waals surface area (Å²) in [4.78, 5) is 25.3. The molecule has 0 bridgehead atoms. The highest BCUT2D eigenvalue weighted by atomic mass is 19.1. The van der Waals surface area contributed by atoms with Gasteiger partial charge in [0.1, 0.15) is 11.5 Å². The molecule has 3 rings (SSSR count). The van der Waals surface area contributed by atoms with Gasteiger partial charge in [-0.3, -0.25) is 4.79 Å². The molecule has 7 nitrogen and oxygen atoms in total. The SMILES string of the molecule is C=Cc1c(/C=C(\C)c2ccc(C(C)=O)cc2F)nnn1C1CCN(C(=O)OC(C)C)CC1.CCCCC. The van der Waals surface area contributed by atoms with Crippen LogP contribution in [-0.4, -0.2) is 51.0 Å². The Labute approximate surface area is 220 Å². The number of nitrogens with zero attached hydrogens (tertiary/aromatic N) is 4. The molecule has 2 aromatic rings. The average Bonchev–Trinajstić information content (AvgIpc) is 3.26. The Kier molecular flexibility index (Phi) is 11.7. The molecule has 1 amide bonds. The third-order valence-corrected chi connectivity index (χ3v) is 6.22. The number of allylic oxidation sites excluding steroid dienone is 1. The number of amides is 1. The van der Waals surface area contributed by atoms with Crippen molar-refractivity contribution in [3.05, 3.63) is 53.1 Å². The number of benzene rings is 1. The molecule has 0 aliphatic carbocycles. The van der Waals surface area contributed by atoms with Crippen molar-refractivity contribution >= 4 is 29.6 Å². The predicted molar refractivity (Wildman–Crippen MR) is 147 cm³/mol. The van der Waals surface area contributed by atoms with E-state index in [0.29, 0.717) is 35.5 Å². The van der Waals surface area contributed by atoms with Gasteiger partial charge in [-0.25, -0.2) is 13.9 Å². The Morgan fingerprint density at radius 3 is 2.32 bits per heavy atom. The number of hydrogen-bond acceptors (Lipinski definition) is 5. The molecule has 0 spiro atoms. The number of piperidine rings is 1. The normalized spacial score (nSPS) is 14.3. The fourth-order valence-corrected chi connectivity index (χ4v) is 4.14. The molecule has 1 aliphatic heterocycles. The van der Waals surface area contributed by atoms with Gasteiger partial charge in [-0.05, 0) is 64.3 Å². The number of unbranched alkanes of at least 4 members (excludes halogenated alkanes) is 2. The Hall–Kier alpha value is -3.29. The van der Waals surface area contributed by atoms with Crippen LogP contribution < -0.4 is 0 Å². The quantitative estimate of drug-likeness (QED) is 0.350. The summed E-state index contributed by atoms with van der Waals surface area (Å²) in [5.74, 6) is -0.642. The standard InChI is InChI=1S/C24H29FN4O3.C5H12/c1-6-23-22(13-16(4)20-8-7-18(17(5)30)14-21(20)25)26-27-29(23)19-9-11-28(12-10-19)24(31)32-15(2)3;1-3-5-4-2/h6-8,13-15,19H,1,9-12H2,2-5H3;3-5H2,1-2H3/b16-13+;. The third-order valence-electron chi connectivity index (χ3n) is 6.22. The lowest BCUT2D eigenvalue weighted by Gasteiger charge is -2.32. The van der Waals surface area contributed by atoms with Gasteiger partial charge in [0, 0.05) is 24.2 Å². The average molecular weight is 513 g/mol. The zero-order chi connectivity index (χ0) is 27.5. The highest BCUT2D eigenvalue weighted by Crippen LogP contribution is 2.27. The van der Waals surface area contributed by atoms with Gasteiger partial charge in [-0.15, -0.1) is 5.10 Å². The van der Waals surface area contributed by atoms with Gasteiger partial charge < -0.3 is 9.64 Å². The van der Waals surface area contributed by atoms with Gasteiger partial charge in [-0.1, -0.05) is 57.0 Å². The van der Waals surface area contributed by atoms with Crippen LogP contribution in [0.1, 0.15) is 107 Å². The van der Waals surface area contributed by atoms with E-state index in [-0.39, 0.29) is 24.0 Å². The van der Waals surface area contributed by atoms with E-state index in [0.717, 1.165) is 18.5 Å². The van der Waals surface area contributed by atoms with Gasteiger partial charge in [0.2, 0.25) is 0 Å². The first-order chi connectivity index (χ1) is 17.6. The van der Waals surface area contributed by atoms with Crippen LogP contribution in [0.2, 0.25) is 0 Å². The van der Waals surface area contributed by atoms with E-state index >= 15 is 0 Å². The van der Waals surface area contributed by atoms with Crippen LogP contribution in [0.4, 0.5) is 9.18 Å². The zero-order valence-corrected chi connectivity index (χ0v) is 23.1. The number of Topliss-reactive ketones (excluding diaryl/α,β-unsaturated/α-hetero) is 1. The fraction of sp³-hybridized carbons (Fsp3) is 0.517. The van der Waals surface area contributed by atoms with Crippen molar-refractivity contribution in [3.8, 4) is 0 Å². The van der Waals surface area contributed by atoms with Crippen LogP contribution in [0.3, 0.4) is 0 Å². The molecule has 0 N–H and O–H groups in total. The second kappa shape index (κ2) is 14.4. The van der Waals surface area contributed by atoms with Crippen LogP contribution in [0, 0.1) is 5.82 Å². The molecular weight excluding hydrogens is 471 g/mol. The van der Waals surface area contributed by atoms with Crippen molar-refractivity contribution in [1.29, 1.82) is 0 Å². The number of halogens is 1. The summed E-state index contributed by atoms with van der Waals surface area (Å²) in [6, 6.07) is 4.54. The molecule has 202 valence electrons. The van der Waals surface area contributed by atoms with Crippen molar-refractivity contribution < 1.29 is 18.7 Å². The lowest BCUT2D eigenvalue weighted by molar-refractivity contribution is 0.0651. The molecule has 1 aromatic carbocycles. The van der Waals surface area contributed by atoms with Crippen LogP contribution in [-0.2, 0) is 4.74 Å². The highest BCUT2D eigenvalue weighted by molar-refractivity contribution is 5.94. The van der Waals surface area contributed by atoms with Gasteiger partial charge in [0.15, 0.2) is 5.78 Å². The summed E-state index contributed by atoms with van der Waals surface area (Å²) >= 11 is 0. The highest BCUT2D eigenvalue weighted by Gasteiger charge is 2.27. The van der Waals surface area contributed by atoms with Crippen molar-refractivity contribution in [2.45, 2.75) is 85.8 Å². The van der Waals surface area contributed by atoms with Crippen molar-refractivity contribution in [3.63, 3.8) is 0 Å². The minimum atomic E-state index is -0.459. The fourth-order valence-electron chi connectivity index (χ4n) is 4.14. The maximum atomic E-state index is 14.5. The number of ether oxygens (including phenoxy) is 1. The Morgan fingerprint density at radius 1 is 1.19 bits per heavy atom. The molecule has 1 fully saturated rings. The number of likely N-dealkylation sites (tertiary alicyclic amines) is 1. The van der Waals surface area contributed by atoms with Gasteiger partial charge >= 0.3 is 6.09 Å². The van der Waals surface area contributed by atoms with Crippen molar-refractivity contribution in [1.82, 2.24) is 19.9 Å². The van der Waals surface area contributed by atoms with E-state index in [1.165, 1.54) is 32.3 Å². The van der Waals surface area contributed by atoms with Gasteiger partial charge in [-0.2, -0.15) is 0 Å². The third kappa shape index (κ3) is 8.37. The van der Waals surface area contributed by atoms with E-state index in [1.54, 1.807) is 36.1 Å². The molecule has 0 saturated carbocycles. The Morgan fingerprint density at radius 2 is 1.84 bits per heavy atom. The summed E-state index contributed by atoms with van der Waals surface area (Å²) < 4.78 is 21.6. The number of carbonyl (C=O) groups is 2. The topological polar surface area (TPSA) is 77.3 Å². The lowest BCUT2D eigenvalue weighted by Crippen LogP contribution is -2.40. The number of hydrogen-bond donors (Lipinski definition) is 0. The maximum absolute atomic E-state index is 14.5. The van der Waals surface area contributed by atoms with Crippen LogP contribution >= 0.6 is 0 Å². The van der Waals surface area contributed by atoms with Crippen molar-refractivity contribution in [2.24, 2.45) is 0 Å². The van der Waals surface area contributed by atoms with E-state index < -0.39 is 5.82 Å². The smallest absolute Gasteiger partial charge is 0.410 e. The maximum Gasteiger partial charge on any atom is 0.410 e. The molecule has 0 atom stereocenters. The number of ketones is 1. The molecule has 37 heavy (non-hydrogen) atoms. The molecule has 1 aromatic heterocycles. The first-order valence-corrected chi connectivity index (χ1v) is 13.1. The number of rotatable bonds is 8. The number of aromatic nitrogens is 3. The summed E-state index contributed by atoms with van der Waals surface area (Å²) in [5, 5.41) is 8.59. The second-order valence-corrected chi connectivity index (χ2v) is 9.59. The van der Waals surface area contributed by atoms with E-state index in [4.69, 9.17) is 4.74 Å². The Balaban J connectivity index is 0.000000877. The first kappa shape index (κ1) is 29.9. The summed E-state index contributed by atoms with van der Waals surface area (Å²) in [6.45, 7) is 16.3. The first-order valence-electron chi connectivity index (χ1n) is 13.1. The van der Waals surface area contributed by atoms with Crippen LogP contribution in [0.15, 0.2) is 24.8 Å². The summed E-state index contributed by atoms with van der Waals surface area (Å²) in [7, 11) is 0. The predicted octanol–water partition coefficient (Wildman–Crippen LogP) is 7.20. The number of carbonyl (C=O) groups excluding carboxylic acids is 2. The largest absolute Gasteiger partial charge is 0.447 e. The molecule has 2 heterocycles. The van der Waals surface area contributed by atoms with Crippen LogP contribution in [0.25, 0.3) is 17.7 Å². The molecular formula is C29H41FN4O3. The van der Waals surface area contributed by atoms with Gasteiger partial charge in [0.25, 0.3) is 0 Å². The summed E-state index contributed by atoms with van der Waals surface area (Å²) in [5.41, 5.74) is 2.73. The minimum absolute atomic E-state index is 0.0765. The van der Waals surface area contributed by atoms with Gasteiger partial charge in [0.05, 0.1) is 17.8 Å². The second-order valence-electron chi connectivity index (χ2n) is 9.59. The Bertz CT molecular complexity index is 1100. The molecule has 1 saturated heterocycles. The van der Waals surface area contributed by atoms with Crippen molar-refractivity contribution in [2.75, 3.05) is 13.1 Å². The summed E-state index contributed by atoms with van der Waals surface area (Å²) in [6.07, 6.45) is 8.53. The molecule has 0 unspecified atom stereocenters. The zero-order valence-electron chi connectivity index (χ0n) is 23.1. The molecule has 8 heteroatoms. The van der Waals surface area contributed by atoms with Crippen LogP contribution in [0.5, 0.6) is 0 Å². The van der Waals surface area contributed by atoms with E-state index in [9.17, 15) is 14.0 Å². The minimum Gasteiger partial charge on any atom is -0.447 e. The monoisotopic (exact) mass is 512 g/mol. The van der Waals surface area contributed by atoms with E-state index in [2.05, 4.69) is 30.7 Å². The van der Waals surface area contributed by atoms with E-state index in [1.807, 2.05) is 18.5 Å². The molecule has 0 radical (unpaired) electrons. The lowest BCUT2D eigenvalue weighted by atomic mass is 10.0.